The third-order valence-electron chi connectivity index (χ3n) is 4.79. The van der Waals surface area contributed by atoms with Crippen molar-refractivity contribution in [2.75, 3.05) is 6.61 Å². The topological polar surface area (TPSA) is 79.0 Å². The molecule has 0 saturated heterocycles. The van der Waals surface area contributed by atoms with Gasteiger partial charge in [-0.15, -0.1) is 5.10 Å². The van der Waals surface area contributed by atoms with E-state index >= 15 is 0 Å². The summed E-state index contributed by atoms with van der Waals surface area (Å²) in [5.41, 5.74) is 0.554. The largest absolute Gasteiger partial charge is 0.462 e. The molecule has 4 aromatic rings. The van der Waals surface area contributed by atoms with E-state index in [9.17, 15) is 18.4 Å². The van der Waals surface area contributed by atoms with Crippen molar-refractivity contribution in [3.05, 3.63) is 92.5 Å². The standard InChI is InChI=1S/C22H17ClF2N4O3/c1-2-32-22(31)17-12-28(20-8-19(25)18(24)7-16(20)21(17)30)10-15-11-29(27-26-15)9-13-3-5-14(23)6-4-13/h3-8,11-12H,2,9-10H2,1H3. The minimum Gasteiger partial charge on any atom is -0.462 e. The van der Waals surface area contributed by atoms with E-state index in [-0.39, 0.29) is 29.6 Å². The summed E-state index contributed by atoms with van der Waals surface area (Å²) in [6.45, 7) is 2.18. The first-order valence-corrected chi connectivity index (χ1v) is 10.1. The van der Waals surface area contributed by atoms with Crippen LogP contribution in [0.2, 0.25) is 5.02 Å². The molecule has 0 unspecified atom stereocenters. The van der Waals surface area contributed by atoms with Crippen LogP contribution in [0, 0.1) is 11.6 Å². The molecule has 0 aliphatic rings. The van der Waals surface area contributed by atoms with Gasteiger partial charge in [-0.25, -0.2) is 18.3 Å². The summed E-state index contributed by atoms with van der Waals surface area (Å²) >= 11 is 5.90. The Balaban J connectivity index is 1.72. The maximum Gasteiger partial charge on any atom is 0.343 e. The summed E-state index contributed by atoms with van der Waals surface area (Å²) in [6.07, 6.45) is 2.95. The molecular weight excluding hydrogens is 442 g/mol. The first kappa shape index (κ1) is 21.6. The van der Waals surface area contributed by atoms with E-state index in [0.717, 1.165) is 17.7 Å². The molecule has 2 aromatic heterocycles. The number of fused-ring (bicyclic) bond motifs is 1. The van der Waals surface area contributed by atoms with E-state index < -0.39 is 23.0 Å². The van der Waals surface area contributed by atoms with Crippen LogP contribution in [0.4, 0.5) is 8.78 Å². The van der Waals surface area contributed by atoms with Gasteiger partial charge in [0.2, 0.25) is 5.43 Å². The SMILES string of the molecule is CCOC(=O)c1cn(Cc2cn(Cc3ccc(Cl)cc3)nn2)c2cc(F)c(F)cc2c1=O. The molecule has 0 radical (unpaired) electrons. The van der Waals surface area contributed by atoms with E-state index in [1.807, 2.05) is 12.1 Å². The van der Waals surface area contributed by atoms with Crippen LogP contribution in [0.15, 0.2) is 53.6 Å². The Morgan fingerprint density at radius 2 is 1.81 bits per heavy atom. The molecule has 0 amide bonds. The Morgan fingerprint density at radius 1 is 1.09 bits per heavy atom. The lowest BCUT2D eigenvalue weighted by molar-refractivity contribution is 0.0524. The second-order valence-corrected chi connectivity index (χ2v) is 7.47. The first-order valence-electron chi connectivity index (χ1n) is 9.68. The Bertz CT molecular complexity index is 1370. The van der Waals surface area contributed by atoms with Crippen molar-refractivity contribution >= 4 is 28.5 Å². The van der Waals surface area contributed by atoms with Gasteiger partial charge in [-0.1, -0.05) is 28.9 Å². The minimum atomic E-state index is -1.18. The molecule has 2 heterocycles. The van der Waals surface area contributed by atoms with Crippen molar-refractivity contribution in [1.29, 1.82) is 0 Å². The summed E-state index contributed by atoms with van der Waals surface area (Å²) in [5, 5.41) is 8.68. The number of hydrogen-bond donors (Lipinski definition) is 0. The van der Waals surface area contributed by atoms with E-state index in [2.05, 4.69) is 10.3 Å². The smallest absolute Gasteiger partial charge is 0.343 e. The fourth-order valence-corrected chi connectivity index (χ4v) is 3.44. The zero-order valence-corrected chi connectivity index (χ0v) is 17.6. The number of carbonyl (C=O) groups is 1. The van der Waals surface area contributed by atoms with Crippen LogP contribution < -0.4 is 5.43 Å². The van der Waals surface area contributed by atoms with Gasteiger partial charge in [0.15, 0.2) is 11.6 Å². The van der Waals surface area contributed by atoms with Crippen LogP contribution in [0.25, 0.3) is 10.9 Å². The summed E-state index contributed by atoms with van der Waals surface area (Å²) in [6, 6.07) is 8.96. The molecule has 0 bridgehead atoms. The van der Waals surface area contributed by atoms with Crippen molar-refractivity contribution in [3.63, 3.8) is 0 Å². The molecular formula is C22H17ClF2N4O3. The van der Waals surface area contributed by atoms with E-state index in [1.54, 1.807) is 29.9 Å². The number of halogens is 3. The minimum absolute atomic E-state index is 0.0626. The summed E-state index contributed by atoms with van der Waals surface area (Å²) in [7, 11) is 0. The summed E-state index contributed by atoms with van der Waals surface area (Å²) in [5.74, 6) is -3.14. The Labute approximate surface area is 185 Å². The fraction of sp³-hybridized carbons (Fsp3) is 0.182. The average Bonchev–Trinajstić information content (AvgIpc) is 3.20. The highest BCUT2D eigenvalue weighted by Crippen LogP contribution is 2.19. The van der Waals surface area contributed by atoms with Gasteiger partial charge in [-0.05, 0) is 30.7 Å². The molecule has 10 heteroatoms. The molecule has 0 saturated carbocycles. The number of aromatic nitrogens is 4. The van der Waals surface area contributed by atoms with Gasteiger partial charge < -0.3 is 9.30 Å². The maximum atomic E-state index is 13.9. The van der Waals surface area contributed by atoms with Crippen LogP contribution in [-0.4, -0.2) is 32.1 Å². The highest BCUT2D eigenvalue weighted by Gasteiger charge is 2.19. The van der Waals surface area contributed by atoms with Crippen molar-refractivity contribution < 1.29 is 18.3 Å². The van der Waals surface area contributed by atoms with Crippen molar-refractivity contribution in [3.8, 4) is 0 Å². The first-order chi connectivity index (χ1) is 15.4. The number of esters is 1. The third-order valence-corrected chi connectivity index (χ3v) is 5.05. The van der Waals surface area contributed by atoms with Gasteiger partial charge in [-0.2, -0.15) is 0 Å². The fourth-order valence-electron chi connectivity index (χ4n) is 3.31. The number of rotatable bonds is 6. The number of pyridine rings is 1. The van der Waals surface area contributed by atoms with Gasteiger partial charge >= 0.3 is 5.97 Å². The monoisotopic (exact) mass is 458 g/mol. The second-order valence-electron chi connectivity index (χ2n) is 7.04. The van der Waals surface area contributed by atoms with Crippen LogP contribution in [-0.2, 0) is 17.8 Å². The molecule has 0 aliphatic carbocycles. The molecule has 32 heavy (non-hydrogen) atoms. The molecule has 2 aromatic carbocycles. The van der Waals surface area contributed by atoms with Gasteiger partial charge in [-0.3, -0.25) is 4.79 Å². The zero-order valence-electron chi connectivity index (χ0n) is 16.9. The molecule has 7 nitrogen and oxygen atoms in total. The maximum absolute atomic E-state index is 13.9. The lowest BCUT2D eigenvalue weighted by Gasteiger charge is -2.12. The summed E-state index contributed by atoms with van der Waals surface area (Å²) in [4.78, 5) is 25.0. The quantitative estimate of drug-likeness (QED) is 0.411. The molecule has 164 valence electrons. The Kier molecular flexibility index (Phi) is 6.00. The number of benzene rings is 2. The predicted octanol–water partition coefficient (Wildman–Crippen LogP) is 3.80. The lowest BCUT2D eigenvalue weighted by Crippen LogP contribution is -2.21. The second kappa shape index (κ2) is 8.88. The average molecular weight is 459 g/mol. The Hall–Kier alpha value is -3.59. The zero-order chi connectivity index (χ0) is 22.8. The lowest BCUT2D eigenvalue weighted by atomic mass is 10.1. The number of carbonyl (C=O) groups excluding carboxylic acids is 1. The highest BCUT2D eigenvalue weighted by molar-refractivity contribution is 6.30. The summed E-state index contributed by atoms with van der Waals surface area (Å²) < 4.78 is 35.7. The highest BCUT2D eigenvalue weighted by atomic mass is 35.5. The van der Waals surface area contributed by atoms with Crippen LogP contribution in [0.3, 0.4) is 0 Å². The predicted molar refractivity (Wildman–Crippen MR) is 114 cm³/mol. The molecule has 0 atom stereocenters. The van der Waals surface area contributed by atoms with Gasteiger partial charge in [0.1, 0.15) is 11.3 Å². The van der Waals surface area contributed by atoms with Crippen molar-refractivity contribution in [2.45, 2.75) is 20.0 Å². The van der Waals surface area contributed by atoms with Crippen molar-refractivity contribution in [2.24, 2.45) is 0 Å². The van der Waals surface area contributed by atoms with E-state index in [4.69, 9.17) is 16.3 Å². The Morgan fingerprint density at radius 3 is 2.53 bits per heavy atom. The molecule has 4 rings (SSSR count). The normalized spacial score (nSPS) is 11.1. The van der Waals surface area contributed by atoms with Gasteiger partial charge in [0.05, 0.1) is 31.4 Å². The number of hydrogen-bond acceptors (Lipinski definition) is 5. The van der Waals surface area contributed by atoms with Crippen LogP contribution in [0.1, 0.15) is 28.5 Å². The number of nitrogens with zero attached hydrogens (tertiary/aromatic N) is 4. The molecule has 0 aliphatic heterocycles. The number of ether oxygens (including phenoxy) is 1. The third kappa shape index (κ3) is 4.38. The molecule has 0 spiro atoms. The van der Waals surface area contributed by atoms with Gasteiger partial charge in [0, 0.05) is 22.7 Å². The van der Waals surface area contributed by atoms with Crippen LogP contribution in [0.5, 0.6) is 0 Å². The van der Waals surface area contributed by atoms with E-state index in [1.165, 1.54) is 10.8 Å². The van der Waals surface area contributed by atoms with Crippen molar-refractivity contribution in [1.82, 2.24) is 19.6 Å². The molecule has 0 fully saturated rings. The molecule has 0 N–H and O–H groups in total. The van der Waals surface area contributed by atoms with E-state index in [0.29, 0.717) is 17.3 Å². The van der Waals surface area contributed by atoms with Gasteiger partial charge in [0.25, 0.3) is 0 Å². The van der Waals surface area contributed by atoms with Crippen LogP contribution >= 0.6 is 11.6 Å².